The van der Waals surface area contributed by atoms with E-state index >= 15 is 0 Å². The molecule has 5 rings (SSSR count). The van der Waals surface area contributed by atoms with Gasteiger partial charge in [-0.25, -0.2) is 4.98 Å². The highest BCUT2D eigenvalue weighted by molar-refractivity contribution is 6.32. The van der Waals surface area contributed by atoms with Crippen LogP contribution in [-0.4, -0.2) is 40.8 Å². The minimum atomic E-state index is -0.138. The summed E-state index contributed by atoms with van der Waals surface area (Å²) in [5, 5.41) is 8.09. The number of pyridine rings is 1. The molecule has 0 radical (unpaired) electrons. The SMILES string of the molecule is CC1CC(C)CN(c2ncc(Cl)c(Nc3ccc4c(c3)c3c(c(=O)n4C)OCCCN3)n2)C1. The molecule has 1 fully saturated rings. The number of hydrogen-bond donors (Lipinski definition) is 2. The molecular formula is C24H29ClN6O2. The topological polar surface area (TPSA) is 84.3 Å². The molecule has 1 aromatic carbocycles. The number of halogens is 1. The minimum absolute atomic E-state index is 0.138. The van der Waals surface area contributed by atoms with Crippen molar-refractivity contribution in [2.45, 2.75) is 26.7 Å². The van der Waals surface area contributed by atoms with Crippen LogP contribution in [0.4, 0.5) is 23.1 Å². The lowest BCUT2D eigenvalue weighted by atomic mass is 9.92. The molecule has 2 N–H and O–H groups in total. The molecule has 2 atom stereocenters. The molecule has 2 unspecified atom stereocenters. The fourth-order valence-corrected chi connectivity index (χ4v) is 5.07. The van der Waals surface area contributed by atoms with Crippen molar-refractivity contribution in [1.29, 1.82) is 0 Å². The van der Waals surface area contributed by atoms with Crippen molar-refractivity contribution in [3.63, 3.8) is 0 Å². The third-order valence-electron chi connectivity index (χ3n) is 6.37. The number of nitrogens with zero attached hydrogens (tertiary/aromatic N) is 4. The fourth-order valence-electron chi connectivity index (χ4n) is 4.93. The zero-order valence-electron chi connectivity index (χ0n) is 19.2. The molecule has 8 nitrogen and oxygen atoms in total. The molecule has 9 heteroatoms. The first-order chi connectivity index (χ1) is 15.9. The Morgan fingerprint density at radius 3 is 2.82 bits per heavy atom. The molecule has 33 heavy (non-hydrogen) atoms. The van der Waals surface area contributed by atoms with E-state index in [-0.39, 0.29) is 5.56 Å². The normalized spacial score (nSPS) is 20.5. The van der Waals surface area contributed by atoms with E-state index in [1.165, 1.54) is 6.42 Å². The Balaban J connectivity index is 1.51. The average Bonchev–Trinajstić information content (AvgIpc) is 3.05. The van der Waals surface area contributed by atoms with Crippen LogP contribution >= 0.6 is 11.6 Å². The Labute approximate surface area is 197 Å². The Kier molecular flexibility index (Phi) is 5.78. The van der Waals surface area contributed by atoms with Gasteiger partial charge in [-0.2, -0.15) is 4.98 Å². The molecule has 174 valence electrons. The van der Waals surface area contributed by atoms with Crippen LogP contribution in [-0.2, 0) is 7.05 Å². The van der Waals surface area contributed by atoms with E-state index in [9.17, 15) is 4.79 Å². The van der Waals surface area contributed by atoms with E-state index in [2.05, 4.69) is 34.4 Å². The molecule has 2 aliphatic heterocycles. The molecule has 0 bridgehead atoms. The minimum Gasteiger partial charge on any atom is -0.486 e. The van der Waals surface area contributed by atoms with Crippen LogP contribution in [0.1, 0.15) is 26.7 Å². The van der Waals surface area contributed by atoms with E-state index in [1.54, 1.807) is 17.8 Å². The van der Waals surface area contributed by atoms with E-state index in [0.29, 0.717) is 41.0 Å². The lowest BCUT2D eigenvalue weighted by Crippen LogP contribution is -2.39. The van der Waals surface area contributed by atoms with Gasteiger partial charge in [-0.15, -0.1) is 0 Å². The van der Waals surface area contributed by atoms with Gasteiger partial charge in [0.05, 0.1) is 24.0 Å². The third-order valence-corrected chi connectivity index (χ3v) is 6.64. The second-order valence-electron chi connectivity index (χ2n) is 9.27. The molecule has 0 aliphatic carbocycles. The van der Waals surface area contributed by atoms with Crippen molar-refractivity contribution in [2.75, 3.05) is 41.8 Å². The van der Waals surface area contributed by atoms with Crippen molar-refractivity contribution in [3.8, 4) is 5.75 Å². The van der Waals surface area contributed by atoms with Crippen LogP contribution in [0.3, 0.4) is 0 Å². The molecule has 0 spiro atoms. The number of aryl methyl sites for hydroxylation is 1. The van der Waals surface area contributed by atoms with Gasteiger partial charge in [0, 0.05) is 37.8 Å². The van der Waals surface area contributed by atoms with E-state index in [0.717, 1.165) is 48.3 Å². The Morgan fingerprint density at radius 1 is 1.24 bits per heavy atom. The standard InChI is InChI=1S/C24H29ClN6O2/c1-14-9-15(2)13-31(12-14)24-27-11-18(25)22(29-24)28-16-5-6-19-17(10-16)20-21(23(32)30(19)3)33-8-4-7-26-20/h5-6,10-11,14-15,26H,4,7-9,12-13H2,1-3H3,(H,27,28,29). The Bertz CT molecular complexity index is 1250. The second-order valence-corrected chi connectivity index (χ2v) is 9.68. The summed E-state index contributed by atoms with van der Waals surface area (Å²) in [5.41, 5.74) is 2.25. The van der Waals surface area contributed by atoms with Crippen molar-refractivity contribution in [2.24, 2.45) is 18.9 Å². The Hall–Kier alpha value is -3.00. The molecule has 2 aromatic heterocycles. The first kappa shape index (κ1) is 21.8. The monoisotopic (exact) mass is 468 g/mol. The first-order valence-electron chi connectivity index (χ1n) is 11.5. The fraction of sp³-hybridized carbons (Fsp3) is 0.458. The summed E-state index contributed by atoms with van der Waals surface area (Å²) in [6.45, 7) is 7.68. The van der Waals surface area contributed by atoms with E-state index in [4.69, 9.17) is 21.3 Å². The number of hydrogen-bond acceptors (Lipinski definition) is 7. The van der Waals surface area contributed by atoms with Crippen LogP contribution in [0.15, 0.2) is 29.2 Å². The summed E-state index contributed by atoms with van der Waals surface area (Å²) in [6, 6.07) is 5.85. The lowest BCUT2D eigenvalue weighted by molar-refractivity contribution is 0.317. The largest absolute Gasteiger partial charge is 0.486 e. The number of ether oxygens (including phenoxy) is 1. The van der Waals surface area contributed by atoms with Gasteiger partial charge in [-0.3, -0.25) is 4.79 Å². The number of fused-ring (bicyclic) bond motifs is 3. The maximum Gasteiger partial charge on any atom is 0.295 e. The van der Waals surface area contributed by atoms with Gasteiger partial charge >= 0.3 is 0 Å². The van der Waals surface area contributed by atoms with E-state index < -0.39 is 0 Å². The summed E-state index contributed by atoms with van der Waals surface area (Å²) in [4.78, 5) is 24.3. The second kappa shape index (κ2) is 8.74. The van der Waals surface area contributed by atoms with E-state index in [1.807, 2.05) is 18.2 Å². The number of aromatic nitrogens is 3. The van der Waals surface area contributed by atoms with Crippen LogP contribution in [0.2, 0.25) is 5.02 Å². The molecular weight excluding hydrogens is 440 g/mol. The summed E-state index contributed by atoms with van der Waals surface area (Å²) in [5.74, 6) is 2.82. The number of anilines is 4. The van der Waals surface area contributed by atoms with Crippen LogP contribution < -0.4 is 25.8 Å². The summed E-state index contributed by atoms with van der Waals surface area (Å²) < 4.78 is 7.41. The molecule has 2 aliphatic rings. The number of benzene rings is 1. The van der Waals surface area contributed by atoms with Crippen molar-refractivity contribution in [1.82, 2.24) is 14.5 Å². The lowest BCUT2D eigenvalue weighted by Gasteiger charge is -2.35. The average molecular weight is 469 g/mol. The van der Waals surface area contributed by atoms with Gasteiger partial charge in [-0.05, 0) is 42.9 Å². The Morgan fingerprint density at radius 2 is 2.03 bits per heavy atom. The molecule has 0 amide bonds. The number of rotatable bonds is 3. The zero-order valence-corrected chi connectivity index (χ0v) is 19.9. The van der Waals surface area contributed by atoms with Crippen molar-refractivity contribution < 1.29 is 4.74 Å². The predicted octanol–water partition coefficient (Wildman–Crippen LogP) is 4.40. The first-order valence-corrected chi connectivity index (χ1v) is 11.9. The third kappa shape index (κ3) is 4.19. The van der Waals surface area contributed by atoms with Gasteiger partial charge in [0.1, 0.15) is 5.02 Å². The maximum absolute atomic E-state index is 12.8. The summed E-state index contributed by atoms with van der Waals surface area (Å²) >= 11 is 6.46. The summed E-state index contributed by atoms with van der Waals surface area (Å²) in [7, 11) is 1.76. The van der Waals surface area contributed by atoms with Gasteiger partial charge < -0.3 is 24.8 Å². The highest BCUT2D eigenvalue weighted by atomic mass is 35.5. The van der Waals surface area contributed by atoms with Gasteiger partial charge in [0.25, 0.3) is 5.56 Å². The van der Waals surface area contributed by atoms with Crippen LogP contribution in [0.25, 0.3) is 10.9 Å². The van der Waals surface area contributed by atoms with Crippen molar-refractivity contribution >= 4 is 45.6 Å². The molecule has 4 heterocycles. The number of nitrogens with one attached hydrogen (secondary N) is 2. The zero-order chi connectivity index (χ0) is 23.1. The van der Waals surface area contributed by atoms with Crippen molar-refractivity contribution in [3.05, 3.63) is 39.8 Å². The van der Waals surface area contributed by atoms with Gasteiger partial charge in [0.15, 0.2) is 5.82 Å². The summed E-state index contributed by atoms with van der Waals surface area (Å²) in [6.07, 6.45) is 3.71. The maximum atomic E-state index is 12.8. The smallest absolute Gasteiger partial charge is 0.295 e. The highest BCUT2D eigenvalue weighted by Crippen LogP contribution is 2.35. The molecule has 3 aromatic rings. The highest BCUT2D eigenvalue weighted by Gasteiger charge is 2.24. The number of piperidine rings is 1. The molecule has 1 saturated heterocycles. The predicted molar refractivity (Wildman–Crippen MR) is 133 cm³/mol. The quantitative estimate of drug-likeness (QED) is 0.589. The van der Waals surface area contributed by atoms with Crippen LogP contribution in [0.5, 0.6) is 5.75 Å². The van der Waals surface area contributed by atoms with Gasteiger partial charge in [0.2, 0.25) is 11.7 Å². The van der Waals surface area contributed by atoms with Gasteiger partial charge in [-0.1, -0.05) is 25.4 Å². The van der Waals surface area contributed by atoms with Crippen LogP contribution in [0, 0.1) is 11.8 Å². The molecule has 0 saturated carbocycles.